The first-order valence-corrected chi connectivity index (χ1v) is 4.78. The zero-order valence-electron chi connectivity index (χ0n) is 8.67. The standard InChI is InChI=1S/C11H10N2O3/c1-7(14)6-13-9-5-3-2-4-8(9)10(12-13)11(15)16/h2-5H,6H2,1H3,(H,15,16). The molecule has 0 amide bonds. The third-order valence-corrected chi connectivity index (χ3v) is 2.23. The molecule has 1 N–H and O–H groups in total. The fraction of sp³-hybridized carbons (Fsp3) is 0.182. The second-order valence-corrected chi connectivity index (χ2v) is 3.53. The third-order valence-electron chi connectivity index (χ3n) is 2.23. The molecule has 1 heterocycles. The van der Waals surface area contributed by atoms with Gasteiger partial charge in [0, 0.05) is 5.39 Å². The number of carboxylic acids is 1. The number of fused-ring (bicyclic) bond motifs is 1. The molecule has 0 aliphatic rings. The highest BCUT2D eigenvalue weighted by Crippen LogP contribution is 2.18. The van der Waals surface area contributed by atoms with Crippen LogP contribution in [-0.2, 0) is 11.3 Å². The summed E-state index contributed by atoms with van der Waals surface area (Å²) in [5.41, 5.74) is 0.645. The topological polar surface area (TPSA) is 72.2 Å². The number of hydrogen-bond donors (Lipinski definition) is 1. The van der Waals surface area contributed by atoms with Crippen molar-refractivity contribution in [2.75, 3.05) is 0 Å². The molecular formula is C11H10N2O3. The van der Waals surface area contributed by atoms with Crippen molar-refractivity contribution in [2.45, 2.75) is 13.5 Å². The zero-order chi connectivity index (χ0) is 11.7. The Balaban J connectivity index is 2.66. The molecule has 2 rings (SSSR count). The number of nitrogens with zero attached hydrogens (tertiary/aromatic N) is 2. The minimum absolute atomic E-state index is 0.0168. The van der Waals surface area contributed by atoms with E-state index >= 15 is 0 Å². The van der Waals surface area contributed by atoms with Gasteiger partial charge in [-0.05, 0) is 13.0 Å². The number of Topliss-reactive ketones (excluding diaryl/α,β-unsaturated/α-hetero) is 1. The summed E-state index contributed by atoms with van der Waals surface area (Å²) in [5, 5.41) is 13.4. The summed E-state index contributed by atoms with van der Waals surface area (Å²) in [7, 11) is 0. The number of ketones is 1. The summed E-state index contributed by atoms with van der Waals surface area (Å²) in [4.78, 5) is 22.0. The summed E-state index contributed by atoms with van der Waals surface area (Å²) < 4.78 is 1.42. The van der Waals surface area contributed by atoms with E-state index in [9.17, 15) is 9.59 Å². The summed E-state index contributed by atoms with van der Waals surface area (Å²) in [6.07, 6.45) is 0. The van der Waals surface area contributed by atoms with Crippen LogP contribution in [0.5, 0.6) is 0 Å². The molecule has 0 spiro atoms. The van der Waals surface area contributed by atoms with Gasteiger partial charge in [-0.3, -0.25) is 9.48 Å². The minimum Gasteiger partial charge on any atom is -0.476 e. The monoisotopic (exact) mass is 218 g/mol. The highest BCUT2D eigenvalue weighted by Gasteiger charge is 2.15. The fourth-order valence-corrected chi connectivity index (χ4v) is 1.62. The molecule has 0 radical (unpaired) electrons. The van der Waals surface area contributed by atoms with Gasteiger partial charge in [-0.15, -0.1) is 0 Å². The number of para-hydroxylation sites is 1. The highest BCUT2D eigenvalue weighted by molar-refractivity contribution is 6.01. The molecule has 0 aliphatic heterocycles. The van der Waals surface area contributed by atoms with Crippen LogP contribution >= 0.6 is 0 Å². The van der Waals surface area contributed by atoms with Crippen LogP contribution in [0.1, 0.15) is 17.4 Å². The molecule has 0 saturated heterocycles. The molecule has 82 valence electrons. The Morgan fingerprint density at radius 2 is 2.06 bits per heavy atom. The van der Waals surface area contributed by atoms with Gasteiger partial charge >= 0.3 is 5.97 Å². The maximum absolute atomic E-state index is 11.0. The molecule has 0 unspecified atom stereocenters. The largest absolute Gasteiger partial charge is 0.476 e. The fourth-order valence-electron chi connectivity index (χ4n) is 1.62. The molecule has 5 heteroatoms. The lowest BCUT2D eigenvalue weighted by Gasteiger charge is -1.98. The van der Waals surface area contributed by atoms with Gasteiger partial charge in [0.15, 0.2) is 11.5 Å². The molecule has 0 saturated carbocycles. The number of carboxylic acid groups (broad SMARTS) is 1. The second-order valence-electron chi connectivity index (χ2n) is 3.53. The van der Waals surface area contributed by atoms with Crippen molar-refractivity contribution in [3.05, 3.63) is 30.0 Å². The predicted octanol–water partition coefficient (Wildman–Crippen LogP) is 1.32. The Morgan fingerprint density at radius 1 is 1.38 bits per heavy atom. The van der Waals surface area contributed by atoms with E-state index < -0.39 is 5.97 Å². The van der Waals surface area contributed by atoms with E-state index in [4.69, 9.17) is 5.11 Å². The van der Waals surface area contributed by atoms with E-state index in [2.05, 4.69) is 5.10 Å². The van der Waals surface area contributed by atoms with Crippen LogP contribution in [0.4, 0.5) is 0 Å². The lowest BCUT2D eigenvalue weighted by atomic mass is 10.2. The van der Waals surface area contributed by atoms with E-state index in [-0.39, 0.29) is 18.0 Å². The number of aromatic carboxylic acids is 1. The Kier molecular flexibility index (Phi) is 2.44. The van der Waals surface area contributed by atoms with Gasteiger partial charge in [0.25, 0.3) is 0 Å². The molecule has 1 aromatic heterocycles. The SMILES string of the molecule is CC(=O)Cn1nc(C(=O)O)c2ccccc21. The van der Waals surface area contributed by atoms with Gasteiger partial charge in [0.05, 0.1) is 12.1 Å². The number of carbonyl (C=O) groups is 2. The van der Waals surface area contributed by atoms with Crippen molar-refractivity contribution < 1.29 is 14.7 Å². The third kappa shape index (κ3) is 1.67. The Morgan fingerprint density at radius 3 is 2.69 bits per heavy atom. The number of benzene rings is 1. The first-order chi connectivity index (χ1) is 7.59. The molecular weight excluding hydrogens is 208 g/mol. The molecule has 0 fully saturated rings. The summed E-state index contributed by atoms with van der Waals surface area (Å²) >= 11 is 0. The first kappa shape index (κ1) is 10.4. The van der Waals surface area contributed by atoms with Gasteiger partial charge in [-0.1, -0.05) is 18.2 Å². The Hall–Kier alpha value is -2.17. The molecule has 16 heavy (non-hydrogen) atoms. The molecule has 1 aromatic carbocycles. The van der Waals surface area contributed by atoms with Crippen LogP contribution in [0.2, 0.25) is 0 Å². The average molecular weight is 218 g/mol. The van der Waals surface area contributed by atoms with Gasteiger partial charge < -0.3 is 5.11 Å². The number of aromatic nitrogens is 2. The van der Waals surface area contributed by atoms with Crippen molar-refractivity contribution >= 4 is 22.7 Å². The molecule has 5 nitrogen and oxygen atoms in total. The molecule has 0 aliphatic carbocycles. The Bertz CT molecular complexity index is 572. The van der Waals surface area contributed by atoms with Crippen LogP contribution in [0.15, 0.2) is 24.3 Å². The quantitative estimate of drug-likeness (QED) is 0.843. The number of rotatable bonds is 3. The van der Waals surface area contributed by atoms with Crippen LogP contribution in [0.25, 0.3) is 10.9 Å². The number of hydrogen-bond acceptors (Lipinski definition) is 3. The summed E-state index contributed by atoms with van der Waals surface area (Å²) in [5.74, 6) is -1.15. The summed E-state index contributed by atoms with van der Waals surface area (Å²) in [6, 6.07) is 6.96. The van der Waals surface area contributed by atoms with Gasteiger partial charge in [-0.2, -0.15) is 5.10 Å². The van der Waals surface area contributed by atoms with Crippen molar-refractivity contribution in [3.63, 3.8) is 0 Å². The maximum atomic E-state index is 11.0. The highest BCUT2D eigenvalue weighted by atomic mass is 16.4. The minimum atomic E-state index is -1.08. The summed E-state index contributed by atoms with van der Waals surface area (Å²) in [6.45, 7) is 1.53. The van der Waals surface area contributed by atoms with Crippen molar-refractivity contribution in [3.8, 4) is 0 Å². The lowest BCUT2D eigenvalue weighted by molar-refractivity contribution is -0.117. The van der Waals surface area contributed by atoms with Gasteiger partial charge in [0.1, 0.15) is 0 Å². The smallest absolute Gasteiger partial charge is 0.357 e. The molecule has 0 atom stereocenters. The van der Waals surface area contributed by atoms with Crippen LogP contribution < -0.4 is 0 Å². The molecule has 0 bridgehead atoms. The van der Waals surface area contributed by atoms with Crippen LogP contribution in [0.3, 0.4) is 0 Å². The van der Waals surface area contributed by atoms with Crippen molar-refractivity contribution in [1.29, 1.82) is 0 Å². The van der Waals surface area contributed by atoms with E-state index in [1.165, 1.54) is 11.6 Å². The van der Waals surface area contributed by atoms with Crippen LogP contribution in [-0.4, -0.2) is 26.6 Å². The van der Waals surface area contributed by atoms with E-state index in [0.29, 0.717) is 10.9 Å². The average Bonchev–Trinajstić information content (AvgIpc) is 2.57. The van der Waals surface area contributed by atoms with Crippen molar-refractivity contribution in [1.82, 2.24) is 9.78 Å². The van der Waals surface area contributed by atoms with Gasteiger partial charge in [-0.25, -0.2) is 4.79 Å². The second kappa shape index (κ2) is 3.77. The van der Waals surface area contributed by atoms with E-state index in [0.717, 1.165) is 0 Å². The zero-order valence-corrected chi connectivity index (χ0v) is 8.67. The first-order valence-electron chi connectivity index (χ1n) is 4.78. The predicted molar refractivity (Wildman–Crippen MR) is 57.4 cm³/mol. The van der Waals surface area contributed by atoms with Gasteiger partial charge in [0.2, 0.25) is 0 Å². The van der Waals surface area contributed by atoms with Crippen LogP contribution in [0, 0.1) is 0 Å². The molecule has 2 aromatic rings. The Labute approximate surface area is 91.3 Å². The van der Waals surface area contributed by atoms with E-state index in [1.807, 2.05) is 0 Å². The maximum Gasteiger partial charge on any atom is 0.357 e. The lowest BCUT2D eigenvalue weighted by Crippen LogP contribution is -2.08. The number of carbonyl (C=O) groups excluding carboxylic acids is 1. The van der Waals surface area contributed by atoms with Crippen molar-refractivity contribution in [2.24, 2.45) is 0 Å². The van der Waals surface area contributed by atoms with E-state index in [1.54, 1.807) is 24.3 Å². The normalized spacial score (nSPS) is 10.6.